The highest BCUT2D eigenvalue weighted by atomic mass is 16.6. The first kappa shape index (κ1) is 20.0. The van der Waals surface area contributed by atoms with Gasteiger partial charge in [0.25, 0.3) is 5.69 Å². The van der Waals surface area contributed by atoms with Crippen molar-refractivity contribution in [2.75, 3.05) is 24.8 Å². The number of benzene rings is 2. The van der Waals surface area contributed by atoms with E-state index in [-0.39, 0.29) is 17.4 Å². The van der Waals surface area contributed by atoms with Gasteiger partial charge in [-0.2, -0.15) is 0 Å². The molecule has 0 radical (unpaired) electrons. The van der Waals surface area contributed by atoms with E-state index in [1.54, 1.807) is 24.3 Å². The van der Waals surface area contributed by atoms with E-state index in [0.29, 0.717) is 33.7 Å². The number of esters is 1. The molecule has 3 aromatic rings. The molecule has 2 N–H and O–H groups in total. The van der Waals surface area contributed by atoms with Crippen LogP contribution in [0.5, 0.6) is 0 Å². The van der Waals surface area contributed by atoms with Gasteiger partial charge in [-0.15, -0.1) is 0 Å². The Morgan fingerprint density at radius 3 is 2.52 bits per heavy atom. The smallest absolute Gasteiger partial charge is 0.337 e. The molecule has 0 fully saturated rings. The van der Waals surface area contributed by atoms with Crippen molar-refractivity contribution in [2.24, 2.45) is 0 Å². The van der Waals surface area contributed by atoms with Crippen molar-refractivity contribution in [3.8, 4) is 11.3 Å². The van der Waals surface area contributed by atoms with Crippen LogP contribution in [0, 0.1) is 10.1 Å². The third-order valence-corrected chi connectivity index (χ3v) is 4.68. The maximum Gasteiger partial charge on any atom is 0.337 e. The zero-order chi connectivity index (χ0) is 21.3. The second-order valence-electron chi connectivity index (χ2n) is 6.83. The predicted molar refractivity (Wildman–Crippen MR) is 111 cm³/mol. The van der Waals surface area contributed by atoms with Gasteiger partial charge >= 0.3 is 5.97 Å². The Bertz CT molecular complexity index is 1110. The SMILES string of the molecule is COC(=O)c1ccc2nc(-c3ccc(N)c([N+](=O)[O-])c3)c(N(C)C(C)C)nc2c1. The van der Waals surface area contributed by atoms with Crippen molar-refractivity contribution < 1.29 is 14.5 Å². The van der Waals surface area contributed by atoms with Crippen LogP contribution in [0.25, 0.3) is 22.3 Å². The second-order valence-corrected chi connectivity index (χ2v) is 6.83. The van der Waals surface area contributed by atoms with E-state index in [2.05, 4.69) is 4.98 Å². The van der Waals surface area contributed by atoms with E-state index in [1.807, 2.05) is 25.8 Å². The van der Waals surface area contributed by atoms with Crippen LogP contribution in [0.1, 0.15) is 24.2 Å². The number of ether oxygens (including phenoxy) is 1. The summed E-state index contributed by atoms with van der Waals surface area (Å²) in [6.07, 6.45) is 0. The molecule has 150 valence electrons. The van der Waals surface area contributed by atoms with Crippen LogP contribution in [0.4, 0.5) is 17.2 Å². The van der Waals surface area contributed by atoms with Gasteiger partial charge in [0.05, 0.1) is 28.6 Å². The number of nitrogen functional groups attached to an aromatic ring is 1. The van der Waals surface area contributed by atoms with Crippen LogP contribution in [-0.4, -0.2) is 41.1 Å². The van der Waals surface area contributed by atoms with Gasteiger partial charge in [-0.25, -0.2) is 14.8 Å². The molecule has 29 heavy (non-hydrogen) atoms. The topological polar surface area (TPSA) is 124 Å². The van der Waals surface area contributed by atoms with Crippen LogP contribution in [0.3, 0.4) is 0 Å². The maximum absolute atomic E-state index is 11.8. The summed E-state index contributed by atoms with van der Waals surface area (Å²) in [6, 6.07) is 9.53. The standard InChI is InChI=1S/C20H21N5O4/c1-11(2)24(3)19-18(12-5-7-14(21)17(10-12)25(27)28)22-15-8-6-13(20(26)29-4)9-16(15)23-19/h5-11H,21H2,1-4H3. The molecule has 0 spiro atoms. The highest BCUT2D eigenvalue weighted by Crippen LogP contribution is 2.34. The summed E-state index contributed by atoms with van der Waals surface area (Å²) in [6.45, 7) is 3.98. The second kappa shape index (κ2) is 7.70. The number of nitrogens with zero attached hydrogens (tertiary/aromatic N) is 4. The fraction of sp³-hybridized carbons (Fsp3) is 0.250. The van der Waals surface area contributed by atoms with E-state index in [9.17, 15) is 14.9 Å². The zero-order valence-corrected chi connectivity index (χ0v) is 16.5. The van der Waals surface area contributed by atoms with Gasteiger partial charge in [-0.1, -0.05) is 6.07 Å². The molecule has 0 saturated carbocycles. The summed E-state index contributed by atoms with van der Waals surface area (Å²) in [5.41, 5.74) is 8.07. The van der Waals surface area contributed by atoms with E-state index < -0.39 is 10.9 Å². The molecule has 9 heteroatoms. The Hall–Kier alpha value is -3.75. The zero-order valence-electron chi connectivity index (χ0n) is 16.5. The Balaban J connectivity index is 2.27. The first-order valence-corrected chi connectivity index (χ1v) is 8.90. The molecule has 0 amide bonds. The minimum Gasteiger partial charge on any atom is -0.465 e. The summed E-state index contributed by atoms with van der Waals surface area (Å²) < 4.78 is 4.77. The molecular weight excluding hydrogens is 374 g/mol. The lowest BCUT2D eigenvalue weighted by Gasteiger charge is -2.25. The van der Waals surface area contributed by atoms with E-state index in [4.69, 9.17) is 15.5 Å². The molecule has 2 aromatic carbocycles. The molecule has 0 aliphatic rings. The fourth-order valence-electron chi connectivity index (χ4n) is 2.82. The van der Waals surface area contributed by atoms with Crippen LogP contribution in [0.15, 0.2) is 36.4 Å². The van der Waals surface area contributed by atoms with Gasteiger partial charge < -0.3 is 15.4 Å². The number of anilines is 2. The van der Waals surface area contributed by atoms with Crippen molar-refractivity contribution in [2.45, 2.75) is 19.9 Å². The summed E-state index contributed by atoms with van der Waals surface area (Å²) in [5.74, 6) is 0.0688. The highest BCUT2D eigenvalue weighted by molar-refractivity contribution is 5.94. The lowest BCUT2D eigenvalue weighted by atomic mass is 10.1. The predicted octanol–water partition coefficient (Wildman–Crippen LogP) is 3.42. The Morgan fingerprint density at radius 1 is 1.17 bits per heavy atom. The van der Waals surface area contributed by atoms with Gasteiger partial charge in [-0.05, 0) is 38.1 Å². The van der Waals surface area contributed by atoms with E-state index in [1.165, 1.54) is 19.2 Å². The van der Waals surface area contributed by atoms with Crippen LogP contribution < -0.4 is 10.6 Å². The minimum absolute atomic E-state index is 0.0778. The van der Waals surface area contributed by atoms with E-state index in [0.717, 1.165) is 0 Å². The number of aromatic nitrogens is 2. The van der Waals surface area contributed by atoms with Crippen molar-refractivity contribution >= 4 is 34.2 Å². The first-order valence-electron chi connectivity index (χ1n) is 8.90. The number of methoxy groups -OCH3 is 1. The molecule has 0 unspecified atom stereocenters. The largest absolute Gasteiger partial charge is 0.465 e. The van der Waals surface area contributed by atoms with Crippen LogP contribution in [0.2, 0.25) is 0 Å². The number of carbonyl (C=O) groups excluding carboxylic acids is 1. The average molecular weight is 395 g/mol. The Labute approximate surface area is 167 Å². The Morgan fingerprint density at radius 2 is 1.90 bits per heavy atom. The van der Waals surface area contributed by atoms with Gasteiger partial charge in [0.2, 0.25) is 0 Å². The van der Waals surface area contributed by atoms with Crippen LogP contribution >= 0.6 is 0 Å². The Kier molecular flexibility index (Phi) is 5.31. The van der Waals surface area contributed by atoms with Gasteiger partial charge in [0.15, 0.2) is 5.82 Å². The minimum atomic E-state index is -0.526. The summed E-state index contributed by atoms with van der Waals surface area (Å²) in [5, 5.41) is 11.3. The number of hydrogen-bond donors (Lipinski definition) is 1. The van der Waals surface area contributed by atoms with Crippen molar-refractivity contribution in [1.82, 2.24) is 9.97 Å². The molecule has 0 saturated heterocycles. The van der Waals surface area contributed by atoms with Gasteiger partial charge in [0.1, 0.15) is 11.4 Å². The molecule has 1 aromatic heterocycles. The number of rotatable bonds is 5. The third-order valence-electron chi connectivity index (χ3n) is 4.68. The fourth-order valence-corrected chi connectivity index (χ4v) is 2.82. The third kappa shape index (κ3) is 3.79. The first-order chi connectivity index (χ1) is 13.7. The monoisotopic (exact) mass is 395 g/mol. The molecule has 0 aliphatic carbocycles. The van der Waals surface area contributed by atoms with Crippen molar-refractivity contribution in [3.05, 3.63) is 52.1 Å². The average Bonchev–Trinajstić information content (AvgIpc) is 2.71. The number of nitro groups is 1. The van der Waals surface area contributed by atoms with Gasteiger partial charge in [-0.3, -0.25) is 10.1 Å². The maximum atomic E-state index is 11.8. The lowest BCUT2D eigenvalue weighted by Crippen LogP contribution is -2.27. The molecule has 9 nitrogen and oxygen atoms in total. The number of nitro benzene ring substituents is 1. The van der Waals surface area contributed by atoms with Crippen molar-refractivity contribution in [1.29, 1.82) is 0 Å². The molecule has 3 rings (SSSR count). The molecule has 0 aliphatic heterocycles. The molecule has 0 bridgehead atoms. The number of carbonyl (C=O) groups is 1. The molecular formula is C20H21N5O4. The van der Waals surface area contributed by atoms with E-state index >= 15 is 0 Å². The number of fused-ring (bicyclic) bond motifs is 1. The quantitative estimate of drug-likeness (QED) is 0.301. The lowest BCUT2D eigenvalue weighted by molar-refractivity contribution is -0.383. The number of hydrogen-bond acceptors (Lipinski definition) is 8. The summed E-state index contributed by atoms with van der Waals surface area (Å²) >= 11 is 0. The molecule has 0 atom stereocenters. The highest BCUT2D eigenvalue weighted by Gasteiger charge is 2.21. The van der Waals surface area contributed by atoms with Crippen molar-refractivity contribution in [3.63, 3.8) is 0 Å². The number of nitrogens with two attached hydrogens (primary N) is 1. The van der Waals surface area contributed by atoms with Crippen LogP contribution in [-0.2, 0) is 4.74 Å². The normalized spacial score (nSPS) is 10.9. The molecule has 1 heterocycles. The summed E-state index contributed by atoms with van der Waals surface area (Å²) in [7, 11) is 3.17. The van der Waals surface area contributed by atoms with Gasteiger partial charge in [0, 0.05) is 24.7 Å². The summed E-state index contributed by atoms with van der Waals surface area (Å²) in [4.78, 5) is 33.9.